The van der Waals surface area contributed by atoms with Crippen LogP contribution in [0.1, 0.15) is 31.1 Å². The maximum Gasteiger partial charge on any atom is 0.319 e. The number of aryl methyl sites for hydroxylation is 1. The smallest absolute Gasteiger partial charge is 0.319 e. The number of primary amides is 1. The van der Waals surface area contributed by atoms with E-state index in [1.807, 2.05) is 69.3 Å². The van der Waals surface area contributed by atoms with Gasteiger partial charge in [-0.3, -0.25) is 4.90 Å². The molecule has 0 spiro atoms. The molecule has 1 heterocycles. The zero-order chi connectivity index (χ0) is 18.9. The van der Waals surface area contributed by atoms with E-state index in [0.717, 1.165) is 20.4 Å². The van der Waals surface area contributed by atoms with Crippen molar-refractivity contribution in [3.8, 4) is 0 Å². The minimum absolute atomic E-state index is 0.334. The van der Waals surface area contributed by atoms with Crippen LogP contribution in [-0.4, -0.2) is 24.5 Å². The van der Waals surface area contributed by atoms with Gasteiger partial charge in [-0.1, -0.05) is 30.3 Å². The molecule has 5 nitrogen and oxygen atoms in total. The summed E-state index contributed by atoms with van der Waals surface area (Å²) in [7, 11) is 0. The Morgan fingerprint density at radius 2 is 1.92 bits per heavy atom. The van der Waals surface area contributed by atoms with Gasteiger partial charge >= 0.3 is 6.03 Å². The molecule has 0 bridgehead atoms. The summed E-state index contributed by atoms with van der Waals surface area (Å²) >= 11 is 2.25. The van der Waals surface area contributed by atoms with E-state index in [-0.39, 0.29) is 12.1 Å². The number of urea groups is 1. The first-order valence-electron chi connectivity index (χ1n) is 8.50. The molecule has 1 aliphatic heterocycles. The standard InChI is InChI=1S/C20H23IN2O3/c1-13-11-15(21)9-10-16(13)23(19(22)24)17-12-25-20(2,3)26-18(17)14-7-5-4-6-8-14/h4-11,17-18H,12H2,1-3H3,(H2,22,24)/t17-,18+/m0/s1. The van der Waals surface area contributed by atoms with Crippen molar-refractivity contribution in [3.63, 3.8) is 0 Å². The molecule has 2 aromatic carbocycles. The molecule has 0 aromatic heterocycles. The number of carbonyl (C=O) groups is 1. The van der Waals surface area contributed by atoms with Gasteiger partial charge in [0.05, 0.1) is 12.6 Å². The lowest BCUT2D eigenvalue weighted by molar-refractivity contribution is -0.281. The summed E-state index contributed by atoms with van der Waals surface area (Å²) < 4.78 is 13.2. The Morgan fingerprint density at radius 3 is 2.54 bits per heavy atom. The zero-order valence-corrected chi connectivity index (χ0v) is 17.3. The number of amides is 2. The maximum atomic E-state index is 12.4. The highest BCUT2D eigenvalue weighted by molar-refractivity contribution is 14.1. The highest BCUT2D eigenvalue weighted by Gasteiger charge is 2.42. The quantitative estimate of drug-likeness (QED) is 0.684. The maximum absolute atomic E-state index is 12.4. The number of anilines is 1. The first-order chi connectivity index (χ1) is 12.3. The predicted molar refractivity (Wildman–Crippen MR) is 110 cm³/mol. The SMILES string of the molecule is Cc1cc(I)ccc1N(C(N)=O)[C@H]1COC(C)(C)O[C@@H]1c1ccccc1. The van der Waals surface area contributed by atoms with Crippen LogP contribution in [0, 0.1) is 10.5 Å². The Hall–Kier alpha value is -1.64. The molecule has 1 fully saturated rings. The van der Waals surface area contributed by atoms with Crippen molar-refractivity contribution >= 4 is 34.3 Å². The molecule has 2 N–H and O–H groups in total. The van der Waals surface area contributed by atoms with Crippen molar-refractivity contribution in [2.45, 2.75) is 38.7 Å². The lowest BCUT2D eigenvalue weighted by Gasteiger charge is -2.45. The number of hydrogen-bond acceptors (Lipinski definition) is 3. The summed E-state index contributed by atoms with van der Waals surface area (Å²) in [5, 5.41) is 0. The van der Waals surface area contributed by atoms with Gasteiger partial charge in [-0.2, -0.15) is 0 Å². The average Bonchev–Trinajstić information content (AvgIpc) is 2.58. The number of halogens is 1. The third-order valence-corrected chi connectivity index (χ3v) is 5.15. The molecule has 3 rings (SSSR count). The van der Waals surface area contributed by atoms with Gasteiger partial charge in [0.2, 0.25) is 0 Å². The molecule has 2 amide bonds. The third kappa shape index (κ3) is 4.02. The van der Waals surface area contributed by atoms with Gasteiger partial charge < -0.3 is 15.2 Å². The second-order valence-electron chi connectivity index (χ2n) is 6.87. The molecule has 6 heteroatoms. The summed E-state index contributed by atoms with van der Waals surface area (Å²) in [6, 6.07) is 14.9. The van der Waals surface area contributed by atoms with Crippen LogP contribution >= 0.6 is 22.6 Å². The molecule has 2 aromatic rings. The van der Waals surface area contributed by atoms with E-state index in [2.05, 4.69) is 22.6 Å². The van der Waals surface area contributed by atoms with Crippen molar-refractivity contribution in [1.82, 2.24) is 0 Å². The zero-order valence-electron chi connectivity index (χ0n) is 15.1. The molecule has 26 heavy (non-hydrogen) atoms. The van der Waals surface area contributed by atoms with Crippen molar-refractivity contribution in [3.05, 3.63) is 63.2 Å². The van der Waals surface area contributed by atoms with Crippen LogP contribution in [0.15, 0.2) is 48.5 Å². The summed E-state index contributed by atoms with van der Waals surface area (Å²) in [5.74, 6) is -0.735. The Kier molecular flexibility index (Phi) is 5.55. The largest absolute Gasteiger partial charge is 0.351 e. The lowest BCUT2D eigenvalue weighted by atomic mass is 9.98. The fraction of sp³-hybridized carbons (Fsp3) is 0.350. The fourth-order valence-corrected chi connectivity index (χ4v) is 3.93. The van der Waals surface area contributed by atoms with Crippen molar-refractivity contribution in [2.24, 2.45) is 5.73 Å². The summed E-state index contributed by atoms with van der Waals surface area (Å²) in [5.41, 5.74) is 8.53. The minimum Gasteiger partial charge on any atom is -0.351 e. The van der Waals surface area contributed by atoms with Gasteiger partial charge in [0.25, 0.3) is 0 Å². The van der Waals surface area contributed by atoms with Crippen molar-refractivity contribution in [1.29, 1.82) is 0 Å². The van der Waals surface area contributed by atoms with Crippen LogP contribution in [0.4, 0.5) is 10.5 Å². The number of carbonyl (C=O) groups excluding carboxylic acids is 1. The van der Waals surface area contributed by atoms with Gasteiger partial charge in [0, 0.05) is 9.26 Å². The van der Waals surface area contributed by atoms with Crippen LogP contribution in [0.2, 0.25) is 0 Å². The number of ether oxygens (including phenoxy) is 2. The van der Waals surface area contributed by atoms with Gasteiger partial charge in [-0.15, -0.1) is 0 Å². The van der Waals surface area contributed by atoms with Crippen LogP contribution in [0.25, 0.3) is 0 Å². The summed E-state index contributed by atoms with van der Waals surface area (Å²) in [4.78, 5) is 14.0. The highest BCUT2D eigenvalue weighted by Crippen LogP contribution is 2.38. The van der Waals surface area contributed by atoms with E-state index in [1.165, 1.54) is 0 Å². The third-order valence-electron chi connectivity index (χ3n) is 4.48. The molecule has 1 saturated heterocycles. The summed E-state index contributed by atoms with van der Waals surface area (Å²) in [6.45, 7) is 6.06. The summed E-state index contributed by atoms with van der Waals surface area (Å²) in [6.07, 6.45) is -0.342. The molecular formula is C20H23IN2O3. The Labute approximate surface area is 167 Å². The lowest BCUT2D eigenvalue weighted by Crippen LogP contribution is -2.55. The van der Waals surface area contributed by atoms with Crippen molar-refractivity contribution in [2.75, 3.05) is 11.5 Å². The van der Waals surface area contributed by atoms with E-state index in [1.54, 1.807) is 4.90 Å². The number of nitrogens with two attached hydrogens (primary N) is 1. The molecule has 0 saturated carbocycles. The van der Waals surface area contributed by atoms with Crippen LogP contribution in [0.5, 0.6) is 0 Å². The molecule has 0 aliphatic carbocycles. The predicted octanol–water partition coefficient (Wildman–Crippen LogP) is 4.38. The molecule has 1 aliphatic rings. The fourth-order valence-electron chi connectivity index (χ4n) is 3.28. The topological polar surface area (TPSA) is 64.8 Å². The second kappa shape index (κ2) is 7.54. The number of rotatable bonds is 3. The van der Waals surface area contributed by atoms with Crippen LogP contribution in [0.3, 0.4) is 0 Å². The number of benzene rings is 2. The molecule has 0 unspecified atom stereocenters. The molecule has 2 atom stereocenters. The van der Waals surface area contributed by atoms with E-state index in [4.69, 9.17) is 15.2 Å². The molecule has 138 valence electrons. The Morgan fingerprint density at radius 1 is 1.23 bits per heavy atom. The van der Waals surface area contributed by atoms with Crippen LogP contribution in [-0.2, 0) is 9.47 Å². The molecule has 0 radical (unpaired) electrons. The van der Waals surface area contributed by atoms with E-state index in [0.29, 0.717) is 6.61 Å². The number of hydrogen-bond donors (Lipinski definition) is 1. The normalized spacial score (nSPS) is 22.0. The van der Waals surface area contributed by atoms with Gasteiger partial charge in [0.15, 0.2) is 5.79 Å². The average molecular weight is 466 g/mol. The minimum atomic E-state index is -0.735. The van der Waals surface area contributed by atoms with E-state index in [9.17, 15) is 4.79 Å². The number of nitrogens with zero attached hydrogens (tertiary/aromatic N) is 1. The first kappa shape index (κ1) is 19.1. The first-order valence-corrected chi connectivity index (χ1v) is 9.58. The van der Waals surface area contributed by atoms with Gasteiger partial charge in [-0.05, 0) is 72.7 Å². The van der Waals surface area contributed by atoms with Crippen molar-refractivity contribution < 1.29 is 14.3 Å². The van der Waals surface area contributed by atoms with E-state index < -0.39 is 11.8 Å². The Bertz CT molecular complexity index is 795. The van der Waals surface area contributed by atoms with Crippen LogP contribution < -0.4 is 10.6 Å². The van der Waals surface area contributed by atoms with Gasteiger partial charge in [0.1, 0.15) is 6.10 Å². The van der Waals surface area contributed by atoms with Gasteiger partial charge in [-0.25, -0.2) is 4.79 Å². The molecular weight excluding hydrogens is 443 g/mol. The Balaban J connectivity index is 2.05. The monoisotopic (exact) mass is 466 g/mol. The van der Waals surface area contributed by atoms with E-state index >= 15 is 0 Å². The highest BCUT2D eigenvalue weighted by atomic mass is 127. The second-order valence-corrected chi connectivity index (χ2v) is 8.11.